The number of methoxy groups -OCH3 is 1. The number of nitrogens with zero attached hydrogens (tertiary/aromatic N) is 3. The number of hydrogen-bond donors (Lipinski definition) is 0. The first-order valence-electron chi connectivity index (χ1n) is 9.76. The Hall–Kier alpha value is -1.55. The zero-order valence-corrected chi connectivity index (χ0v) is 16.0. The van der Waals surface area contributed by atoms with Gasteiger partial charge in [-0.25, -0.2) is 0 Å². The first kappa shape index (κ1) is 23.4. The van der Waals surface area contributed by atoms with Crippen LogP contribution in [-0.2, 0) is 14.3 Å². The molecule has 0 saturated carbocycles. The third kappa shape index (κ3) is 15.7. The number of Topliss-reactive ketones (excluding diaryl/α,β-unsaturated/α-hetero) is 1. The molecule has 0 saturated heterocycles. The normalized spacial score (nSPS) is 11.6. The molecule has 0 aliphatic rings. The highest BCUT2D eigenvalue weighted by Gasteiger charge is 2.12. The highest BCUT2D eigenvalue weighted by molar-refractivity contribution is 5.78. The lowest BCUT2D eigenvalue weighted by molar-refractivity contribution is -0.140. The molecule has 0 amide bonds. The lowest BCUT2D eigenvalue weighted by Gasteiger charge is -2.10. The maximum absolute atomic E-state index is 12.0. The first-order chi connectivity index (χ1) is 12.1. The van der Waals surface area contributed by atoms with Crippen LogP contribution < -0.4 is 0 Å². The zero-order valence-electron chi connectivity index (χ0n) is 16.0. The van der Waals surface area contributed by atoms with Gasteiger partial charge >= 0.3 is 5.97 Å². The lowest BCUT2D eigenvalue weighted by Crippen LogP contribution is -2.11. The summed E-state index contributed by atoms with van der Waals surface area (Å²) in [4.78, 5) is 25.8. The number of esters is 1. The second-order valence-electron chi connectivity index (χ2n) is 6.65. The topological polar surface area (TPSA) is 92.1 Å². The molecule has 0 rings (SSSR count). The smallest absolute Gasteiger partial charge is 0.305 e. The zero-order chi connectivity index (χ0) is 18.8. The van der Waals surface area contributed by atoms with E-state index in [4.69, 9.17) is 5.53 Å². The van der Waals surface area contributed by atoms with Crippen molar-refractivity contribution in [3.8, 4) is 0 Å². The predicted octanol–water partition coefficient (Wildman–Crippen LogP) is 5.89. The van der Waals surface area contributed by atoms with E-state index in [9.17, 15) is 9.59 Å². The summed E-state index contributed by atoms with van der Waals surface area (Å²) in [6.45, 7) is 2.15. The Morgan fingerprint density at radius 1 is 0.960 bits per heavy atom. The molecule has 0 aromatic heterocycles. The summed E-state index contributed by atoms with van der Waals surface area (Å²) in [5, 5.41) is 3.79. The Kier molecular flexibility index (Phi) is 16.2. The maximum atomic E-state index is 12.0. The van der Waals surface area contributed by atoms with Crippen molar-refractivity contribution >= 4 is 11.8 Å². The number of carbonyl (C=O) groups excluding carboxylic acids is 2. The van der Waals surface area contributed by atoms with Gasteiger partial charge in [-0.1, -0.05) is 63.4 Å². The molecule has 0 fully saturated rings. The van der Waals surface area contributed by atoms with E-state index in [0.717, 1.165) is 64.2 Å². The summed E-state index contributed by atoms with van der Waals surface area (Å²) in [6, 6.07) is -0.192. The molecule has 0 heterocycles. The van der Waals surface area contributed by atoms with Crippen LogP contribution >= 0.6 is 0 Å². The number of unbranched alkanes of at least 4 members (excludes halogenated alkanes) is 8. The van der Waals surface area contributed by atoms with E-state index in [1.54, 1.807) is 0 Å². The number of azide groups is 1. The van der Waals surface area contributed by atoms with Gasteiger partial charge < -0.3 is 4.74 Å². The average Bonchev–Trinajstić information content (AvgIpc) is 2.60. The van der Waals surface area contributed by atoms with Crippen LogP contribution in [0.1, 0.15) is 96.8 Å². The second kappa shape index (κ2) is 17.3. The summed E-state index contributed by atoms with van der Waals surface area (Å²) in [5.74, 6) is 0.0767. The third-order valence-electron chi connectivity index (χ3n) is 4.38. The molecule has 0 aliphatic carbocycles. The second-order valence-corrected chi connectivity index (χ2v) is 6.65. The van der Waals surface area contributed by atoms with Crippen LogP contribution in [0.15, 0.2) is 5.11 Å². The van der Waals surface area contributed by atoms with Crippen LogP contribution in [0, 0.1) is 0 Å². The molecule has 6 nitrogen and oxygen atoms in total. The predicted molar refractivity (Wildman–Crippen MR) is 100 cm³/mol. The van der Waals surface area contributed by atoms with Gasteiger partial charge in [-0.15, -0.1) is 0 Å². The molecule has 6 heteroatoms. The largest absolute Gasteiger partial charge is 0.469 e. The van der Waals surface area contributed by atoms with Crippen molar-refractivity contribution < 1.29 is 14.3 Å². The molecule has 1 unspecified atom stereocenters. The molecule has 0 spiro atoms. The Bertz CT molecular complexity index is 407. The quantitative estimate of drug-likeness (QED) is 0.107. The summed E-state index contributed by atoms with van der Waals surface area (Å²) >= 11 is 0. The van der Waals surface area contributed by atoms with Gasteiger partial charge in [0.15, 0.2) is 0 Å². The van der Waals surface area contributed by atoms with Crippen LogP contribution in [0.25, 0.3) is 10.4 Å². The van der Waals surface area contributed by atoms with E-state index < -0.39 is 0 Å². The number of ketones is 1. The van der Waals surface area contributed by atoms with Gasteiger partial charge in [0, 0.05) is 30.2 Å². The van der Waals surface area contributed by atoms with Crippen molar-refractivity contribution in [1.82, 2.24) is 0 Å². The van der Waals surface area contributed by atoms with E-state index in [2.05, 4.69) is 21.7 Å². The Morgan fingerprint density at radius 3 is 2.20 bits per heavy atom. The molecule has 0 aliphatic heterocycles. The summed E-state index contributed by atoms with van der Waals surface area (Å²) in [7, 11) is 1.42. The van der Waals surface area contributed by atoms with Crippen LogP contribution in [0.3, 0.4) is 0 Å². The number of rotatable bonds is 17. The minimum Gasteiger partial charge on any atom is -0.469 e. The minimum atomic E-state index is -0.192. The standard InChI is InChI=1S/C19H35N3O3/c1-3-4-5-11-14-18(23)16-17(21-22-20)13-10-8-6-7-9-12-15-19(24)25-2/h17H,3-16H2,1-2H3. The van der Waals surface area contributed by atoms with Gasteiger partial charge in [0.1, 0.15) is 5.78 Å². The third-order valence-corrected chi connectivity index (χ3v) is 4.38. The van der Waals surface area contributed by atoms with Crippen LogP contribution in [0.2, 0.25) is 0 Å². The van der Waals surface area contributed by atoms with Crippen LogP contribution in [-0.4, -0.2) is 24.9 Å². The number of ether oxygens (including phenoxy) is 1. The van der Waals surface area contributed by atoms with Crippen molar-refractivity contribution in [2.45, 2.75) is 103 Å². The van der Waals surface area contributed by atoms with E-state index in [0.29, 0.717) is 19.3 Å². The molecular formula is C19H35N3O3. The molecule has 0 radical (unpaired) electrons. The fourth-order valence-corrected chi connectivity index (χ4v) is 2.85. The van der Waals surface area contributed by atoms with E-state index in [1.165, 1.54) is 13.5 Å². The molecule has 0 aromatic carbocycles. The van der Waals surface area contributed by atoms with Crippen molar-refractivity contribution in [3.05, 3.63) is 10.4 Å². The van der Waals surface area contributed by atoms with Crippen LogP contribution in [0.5, 0.6) is 0 Å². The first-order valence-corrected chi connectivity index (χ1v) is 9.76. The van der Waals surface area contributed by atoms with Gasteiger partial charge in [0.2, 0.25) is 0 Å². The summed E-state index contributed by atoms with van der Waals surface area (Å²) in [5.41, 5.74) is 8.67. The van der Waals surface area contributed by atoms with Gasteiger partial charge in [-0.2, -0.15) is 0 Å². The lowest BCUT2D eigenvalue weighted by atomic mass is 10.00. The highest BCUT2D eigenvalue weighted by atomic mass is 16.5. The molecule has 25 heavy (non-hydrogen) atoms. The molecule has 0 bridgehead atoms. The van der Waals surface area contributed by atoms with Crippen molar-refractivity contribution in [1.29, 1.82) is 0 Å². The van der Waals surface area contributed by atoms with Crippen molar-refractivity contribution in [2.24, 2.45) is 5.11 Å². The van der Waals surface area contributed by atoms with Gasteiger partial charge in [-0.05, 0) is 24.8 Å². The van der Waals surface area contributed by atoms with Crippen molar-refractivity contribution in [2.75, 3.05) is 7.11 Å². The molecule has 0 N–H and O–H groups in total. The fraction of sp³-hybridized carbons (Fsp3) is 0.895. The van der Waals surface area contributed by atoms with Gasteiger partial charge in [0.05, 0.1) is 7.11 Å². The minimum absolute atomic E-state index is 0.142. The Labute approximate surface area is 152 Å². The summed E-state index contributed by atoms with van der Waals surface area (Å²) in [6.07, 6.45) is 12.8. The summed E-state index contributed by atoms with van der Waals surface area (Å²) < 4.78 is 4.61. The van der Waals surface area contributed by atoms with Gasteiger partial charge in [-0.3, -0.25) is 9.59 Å². The number of hydrogen-bond acceptors (Lipinski definition) is 4. The molecular weight excluding hydrogens is 318 g/mol. The molecule has 0 aromatic rings. The van der Waals surface area contributed by atoms with E-state index in [-0.39, 0.29) is 17.8 Å². The highest BCUT2D eigenvalue weighted by Crippen LogP contribution is 2.15. The average molecular weight is 354 g/mol. The monoisotopic (exact) mass is 353 g/mol. The Morgan fingerprint density at radius 2 is 1.56 bits per heavy atom. The van der Waals surface area contributed by atoms with Crippen LogP contribution in [0.4, 0.5) is 0 Å². The Balaban J connectivity index is 3.73. The molecule has 144 valence electrons. The SMILES string of the molecule is CCCCCCC(=O)CC(CCCCCCCCC(=O)OC)N=[N+]=[N-]. The van der Waals surface area contributed by atoms with Gasteiger partial charge in [0.25, 0.3) is 0 Å². The van der Waals surface area contributed by atoms with E-state index >= 15 is 0 Å². The van der Waals surface area contributed by atoms with E-state index in [1.807, 2.05) is 0 Å². The van der Waals surface area contributed by atoms with Crippen molar-refractivity contribution in [3.63, 3.8) is 0 Å². The molecule has 1 atom stereocenters. The fourth-order valence-electron chi connectivity index (χ4n) is 2.85. The maximum Gasteiger partial charge on any atom is 0.305 e. The number of carbonyl (C=O) groups is 2.